The molecule has 0 spiro atoms. The largest absolute Gasteiger partial charge is 0.396 e. The summed E-state index contributed by atoms with van der Waals surface area (Å²) in [6.07, 6.45) is 1.41. The third-order valence-corrected chi connectivity index (χ3v) is 2.67. The summed E-state index contributed by atoms with van der Waals surface area (Å²) < 4.78 is 0. The van der Waals surface area contributed by atoms with E-state index in [2.05, 4.69) is 5.32 Å². The second-order valence-corrected chi connectivity index (χ2v) is 3.83. The van der Waals surface area contributed by atoms with Gasteiger partial charge in [-0.1, -0.05) is 6.92 Å². The van der Waals surface area contributed by atoms with Crippen LogP contribution in [0.5, 0.6) is 0 Å². The van der Waals surface area contributed by atoms with Crippen molar-refractivity contribution in [2.24, 2.45) is 0 Å². The van der Waals surface area contributed by atoms with E-state index in [1.165, 1.54) is 0 Å². The van der Waals surface area contributed by atoms with Crippen LogP contribution in [-0.4, -0.2) is 41.8 Å². The molecular weight excluding hydrogens is 180 g/mol. The zero-order valence-electron chi connectivity index (χ0n) is 9.63. The van der Waals surface area contributed by atoms with Crippen LogP contribution in [0.4, 0.5) is 4.79 Å². The van der Waals surface area contributed by atoms with Gasteiger partial charge in [0.2, 0.25) is 0 Å². The number of nitrogens with one attached hydrogen (secondary N) is 1. The first-order chi connectivity index (χ1) is 6.49. The number of amides is 2. The van der Waals surface area contributed by atoms with E-state index in [1.807, 2.05) is 20.8 Å². The Morgan fingerprint density at radius 2 is 2.07 bits per heavy atom. The molecule has 0 radical (unpaired) electrons. The van der Waals surface area contributed by atoms with Crippen molar-refractivity contribution in [1.29, 1.82) is 0 Å². The molecule has 0 aliphatic heterocycles. The fourth-order valence-electron chi connectivity index (χ4n) is 1.07. The maximum atomic E-state index is 11.6. The van der Waals surface area contributed by atoms with Crippen LogP contribution in [0.3, 0.4) is 0 Å². The molecule has 0 aromatic heterocycles. The highest BCUT2D eigenvalue weighted by Crippen LogP contribution is 2.13. The molecule has 4 heteroatoms. The van der Waals surface area contributed by atoms with Gasteiger partial charge in [-0.2, -0.15) is 0 Å². The predicted octanol–water partition coefficient (Wildman–Crippen LogP) is 1.20. The van der Waals surface area contributed by atoms with Gasteiger partial charge in [-0.3, -0.25) is 0 Å². The van der Waals surface area contributed by atoms with Crippen molar-refractivity contribution in [3.8, 4) is 0 Å². The van der Waals surface area contributed by atoms with Crippen molar-refractivity contribution in [1.82, 2.24) is 10.2 Å². The number of carbonyl (C=O) groups is 1. The summed E-state index contributed by atoms with van der Waals surface area (Å²) in [6.45, 7) is 6.66. The Morgan fingerprint density at radius 3 is 2.43 bits per heavy atom. The summed E-state index contributed by atoms with van der Waals surface area (Å²) >= 11 is 0. The summed E-state index contributed by atoms with van der Waals surface area (Å²) in [7, 11) is 1.75. The average Bonchev–Trinajstić information content (AvgIpc) is 2.16. The van der Waals surface area contributed by atoms with E-state index in [-0.39, 0.29) is 18.2 Å². The lowest BCUT2D eigenvalue weighted by Gasteiger charge is -2.31. The fourth-order valence-corrected chi connectivity index (χ4v) is 1.07. The summed E-state index contributed by atoms with van der Waals surface area (Å²) in [5.74, 6) is 0. The highest BCUT2D eigenvalue weighted by molar-refractivity contribution is 5.74. The van der Waals surface area contributed by atoms with Crippen LogP contribution in [0.25, 0.3) is 0 Å². The Bertz CT molecular complexity index is 185. The minimum atomic E-state index is -0.296. The molecule has 1 atom stereocenters. The highest BCUT2D eigenvalue weighted by atomic mass is 16.3. The van der Waals surface area contributed by atoms with Crippen molar-refractivity contribution >= 4 is 6.03 Å². The topological polar surface area (TPSA) is 52.6 Å². The maximum absolute atomic E-state index is 11.6. The van der Waals surface area contributed by atoms with E-state index in [0.717, 1.165) is 6.42 Å². The molecule has 0 aromatic carbocycles. The van der Waals surface area contributed by atoms with Crippen molar-refractivity contribution in [2.45, 2.75) is 39.2 Å². The third kappa shape index (κ3) is 3.96. The van der Waals surface area contributed by atoms with E-state index in [0.29, 0.717) is 13.0 Å². The molecule has 0 bridgehead atoms. The van der Waals surface area contributed by atoms with E-state index >= 15 is 0 Å². The lowest BCUT2D eigenvalue weighted by atomic mass is 9.95. The standard InChI is InChI=1S/C10H22N2O2/c1-5-10(3,7-8-13)11-9(14)12(4)6-2/h13H,5-8H2,1-4H3,(H,11,14). The molecule has 0 aliphatic rings. The van der Waals surface area contributed by atoms with Gasteiger partial charge in [-0.15, -0.1) is 0 Å². The van der Waals surface area contributed by atoms with E-state index in [4.69, 9.17) is 5.11 Å². The van der Waals surface area contributed by atoms with E-state index < -0.39 is 0 Å². The molecule has 0 saturated carbocycles. The Balaban J connectivity index is 4.23. The van der Waals surface area contributed by atoms with Crippen LogP contribution < -0.4 is 5.32 Å². The molecule has 0 rings (SSSR count). The molecule has 1 unspecified atom stereocenters. The lowest BCUT2D eigenvalue weighted by Crippen LogP contribution is -2.50. The quantitative estimate of drug-likeness (QED) is 0.704. The van der Waals surface area contributed by atoms with Gasteiger partial charge in [0.1, 0.15) is 0 Å². The van der Waals surface area contributed by atoms with Crippen LogP contribution in [0.15, 0.2) is 0 Å². The highest BCUT2D eigenvalue weighted by Gasteiger charge is 2.24. The molecule has 0 saturated heterocycles. The average molecular weight is 202 g/mol. The first-order valence-corrected chi connectivity index (χ1v) is 5.13. The number of aliphatic hydroxyl groups is 1. The molecule has 2 amide bonds. The molecule has 4 nitrogen and oxygen atoms in total. The molecular formula is C10H22N2O2. The van der Waals surface area contributed by atoms with Gasteiger partial charge in [-0.05, 0) is 26.7 Å². The normalized spacial score (nSPS) is 14.6. The smallest absolute Gasteiger partial charge is 0.317 e. The molecule has 0 aliphatic carbocycles. The monoisotopic (exact) mass is 202 g/mol. The number of carbonyl (C=O) groups excluding carboxylic acids is 1. The van der Waals surface area contributed by atoms with Crippen LogP contribution in [-0.2, 0) is 0 Å². The Morgan fingerprint density at radius 1 is 1.50 bits per heavy atom. The van der Waals surface area contributed by atoms with Crippen molar-refractivity contribution < 1.29 is 9.90 Å². The van der Waals surface area contributed by atoms with Crippen molar-refractivity contribution in [3.63, 3.8) is 0 Å². The predicted molar refractivity (Wildman–Crippen MR) is 57.2 cm³/mol. The first kappa shape index (κ1) is 13.2. The van der Waals surface area contributed by atoms with Crippen LogP contribution in [0, 0.1) is 0 Å². The summed E-state index contributed by atoms with van der Waals surface area (Å²) in [4.78, 5) is 13.2. The number of aliphatic hydroxyl groups excluding tert-OH is 1. The van der Waals surface area contributed by atoms with Gasteiger partial charge in [0.25, 0.3) is 0 Å². The SMILES string of the molecule is CCN(C)C(=O)NC(C)(CC)CCO. The van der Waals surface area contributed by atoms with Crippen molar-refractivity contribution in [2.75, 3.05) is 20.2 Å². The molecule has 0 fully saturated rings. The zero-order valence-corrected chi connectivity index (χ0v) is 9.63. The Kier molecular flexibility index (Phi) is 5.53. The molecule has 14 heavy (non-hydrogen) atoms. The number of urea groups is 1. The van der Waals surface area contributed by atoms with Gasteiger partial charge >= 0.3 is 6.03 Å². The maximum Gasteiger partial charge on any atom is 0.317 e. The molecule has 2 N–H and O–H groups in total. The van der Waals surface area contributed by atoms with E-state index in [9.17, 15) is 4.79 Å². The zero-order chi connectivity index (χ0) is 11.2. The van der Waals surface area contributed by atoms with Crippen molar-refractivity contribution in [3.05, 3.63) is 0 Å². The number of hydrogen-bond donors (Lipinski definition) is 2. The minimum Gasteiger partial charge on any atom is -0.396 e. The van der Waals surface area contributed by atoms with Gasteiger partial charge in [0.15, 0.2) is 0 Å². The third-order valence-electron chi connectivity index (χ3n) is 2.67. The summed E-state index contributed by atoms with van der Waals surface area (Å²) in [5.41, 5.74) is -0.296. The number of rotatable bonds is 5. The van der Waals surface area contributed by atoms with Gasteiger partial charge in [-0.25, -0.2) is 4.79 Å². The molecule has 84 valence electrons. The summed E-state index contributed by atoms with van der Waals surface area (Å²) in [5, 5.41) is 11.8. The molecule has 0 aromatic rings. The second-order valence-electron chi connectivity index (χ2n) is 3.83. The van der Waals surface area contributed by atoms with Gasteiger partial charge < -0.3 is 15.3 Å². The minimum absolute atomic E-state index is 0.0784. The first-order valence-electron chi connectivity index (χ1n) is 5.13. The van der Waals surface area contributed by atoms with Gasteiger partial charge in [0, 0.05) is 25.7 Å². The Labute approximate surface area is 86.3 Å². The lowest BCUT2D eigenvalue weighted by molar-refractivity contribution is 0.180. The van der Waals surface area contributed by atoms with E-state index in [1.54, 1.807) is 11.9 Å². The number of hydrogen-bond acceptors (Lipinski definition) is 2. The second kappa shape index (κ2) is 5.86. The summed E-state index contributed by atoms with van der Waals surface area (Å²) in [6, 6.07) is -0.0784. The van der Waals surface area contributed by atoms with Crippen LogP contribution in [0.1, 0.15) is 33.6 Å². The Hall–Kier alpha value is -0.770. The van der Waals surface area contributed by atoms with Crippen LogP contribution in [0.2, 0.25) is 0 Å². The molecule has 0 heterocycles. The van der Waals surface area contributed by atoms with Crippen LogP contribution >= 0.6 is 0 Å². The van der Waals surface area contributed by atoms with Gasteiger partial charge in [0.05, 0.1) is 0 Å². The fraction of sp³-hybridized carbons (Fsp3) is 0.900. The number of nitrogens with zero attached hydrogens (tertiary/aromatic N) is 1.